The predicted octanol–water partition coefficient (Wildman–Crippen LogP) is 4.49. The van der Waals surface area contributed by atoms with E-state index in [1.54, 1.807) is 55.6 Å². The molecule has 0 saturated carbocycles. The summed E-state index contributed by atoms with van der Waals surface area (Å²) in [6.45, 7) is 2.08. The molecule has 0 saturated heterocycles. The van der Waals surface area contributed by atoms with Crippen LogP contribution in [-0.4, -0.2) is 21.3 Å². The van der Waals surface area contributed by atoms with E-state index in [9.17, 15) is 13.2 Å². The second kappa shape index (κ2) is 8.28. The molecule has 1 N–H and O–H groups in total. The molecule has 4 rings (SSSR count). The number of ether oxygens (including phenoxy) is 1. The summed E-state index contributed by atoms with van der Waals surface area (Å²) in [6.07, 6.45) is 1.26. The van der Waals surface area contributed by atoms with Crippen LogP contribution in [0.25, 0.3) is 0 Å². The van der Waals surface area contributed by atoms with Gasteiger partial charge in [0.15, 0.2) is 4.91 Å². The Morgan fingerprint density at radius 3 is 2.55 bits per heavy atom. The van der Waals surface area contributed by atoms with Gasteiger partial charge in [-0.25, -0.2) is 8.42 Å². The molecule has 158 valence electrons. The standard InChI is InChI=1S/C24H22N2O4S/c1-17-7-5-8-18(13-17)16-26-22-12-4-3-11-21(22)24(27)23(31(26,28)29)15-25-19-9-6-10-20(14-19)30-2/h3-15,25H,16H2,1-2H3/b23-15-. The number of para-hydroxylation sites is 1. The molecule has 6 nitrogen and oxygen atoms in total. The molecule has 1 aliphatic rings. The van der Waals surface area contributed by atoms with Gasteiger partial charge in [-0.3, -0.25) is 9.10 Å². The van der Waals surface area contributed by atoms with E-state index < -0.39 is 15.8 Å². The maximum Gasteiger partial charge on any atom is 0.270 e. The molecule has 0 bridgehead atoms. The number of nitrogens with one attached hydrogen (secondary N) is 1. The molecule has 0 aromatic heterocycles. The van der Waals surface area contributed by atoms with E-state index in [1.807, 2.05) is 31.2 Å². The molecule has 0 atom stereocenters. The zero-order chi connectivity index (χ0) is 22.0. The Hall–Kier alpha value is -3.58. The summed E-state index contributed by atoms with van der Waals surface area (Å²) in [5.41, 5.74) is 3.22. The summed E-state index contributed by atoms with van der Waals surface area (Å²) in [4.78, 5) is 12.8. The first-order valence-electron chi connectivity index (χ1n) is 9.73. The number of hydrogen-bond acceptors (Lipinski definition) is 5. The highest BCUT2D eigenvalue weighted by Crippen LogP contribution is 2.36. The van der Waals surface area contributed by atoms with Crippen molar-refractivity contribution in [3.8, 4) is 5.75 Å². The van der Waals surface area contributed by atoms with Crippen molar-refractivity contribution in [2.24, 2.45) is 0 Å². The summed E-state index contributed by atoms with van der Waals surface area (Å²) in [5, 5.41) is 2.93. The monoisotopic (exact) mass is 434 g/mol. The van der Waals surface area contributed by atoms with Crippen LogP contribution < -0.4 is 14.4 Å². The predicted molar refractivity (Wildman–Crippen MR) is 122 cm³/mol. The fraction of sp³-hybridized carbons (Fsp3) is 0.125. The van der Waals surface area contributed by atoms with Gasteiger partial charge in [0.1, 0.15) is 5.75 Å². The molecule has 31 heavy (non-hydrogen) atoms. The smallest absolute Gasteiger partial charge is 0.270 e. The number of carbonyl (C=O) groups excluding carboxylic acids is 1. The van der Waals surface area contributed by atoms with Crippen LogP contribution in [0.3, 0.4) is 0 Å². The van der Waals surface area contributed by atoms with Crippen LogP contribution in [0.1, 0.15) is 21.5 Å². The molecule has 1 heterocycles. The Morgan fingerprint density at radius 2 is 1.77 bits per heavy atom. The van der Waals surface area contributed by atoms with Crippen LogP contribution in [0.5, 0.6) is 5.75 Å². The Morgan fingerprint density at radius 1 is 1.00 bits per heavy atom. The number of rotatable bonds is 5. The van der Waals surface area contributed by atoms with E-state index in [-0.39, 0.29) is 11.4 Å². The van der Waals surface area contributed by atoms with Crippen molar-refractivity contribution in [2.75, 3.05) is 16.7 Å². The summed E-state index contributed by atoms with van der Waals surface area (Å²) < 4.78 is 33.5. The van der Waals surface area contributed by atoms with Crippen molar-refractivity contribution < 1.29 is 17.9 Å². The SMILES string of the molecule is COc1cccc(N/C=C2/C(=O)c3ccccc3N(Cc3cccc(C)c3)S2(=O)=O)c1. The number of carbonyl (C=O) groups is 1. The molecule has 1 aliphatic heterocycles. The molecule has 3 aromatic carbocycles. The number of anilines is 2. The van der Waals surface area contributed by atoms with Crippen molar-refractivity contribution in [1.82, 2.24) is 0 Å². The maximum absolute atomic E-state index is 13.5. The fourth-order valence-corrected chi connectivity index (χ4v) is 5.06. The highest BCUT2D eigenvalue weighted by molar-refractivity contribution is 7.97. The van der Waals surface area contributed by atoms with E-state index in [2.05, 4.69) is 5.32 Å². The van der Waals surface area contributed by atoms with Crippen LogP contribution in [0.2, 0.25) is 0 Å². The Balaban J connectivity index is 1.77. The Bertz CT molecular complexity index is 1280. The number of methoxy groups -OCH3 is 1. The summed E-state index contributed by atoms with van der Waals surface area (Å²) >= 11 is 0. The summed E-state index contributed by atoms with van der Waals surface area (Å²) in [7, 11) is -2.52. The molecule has 0 spiro atoms. The first-order valence-corrected chi connectivity index (χ1v) is 11.2. The van der Waals surface area contributed by atoms with Crippen molar-refractivity contribution in [3.63, 3.8) is 0 Å². The maximum atomic E-state index is 13.5. The summed E-state index contributed by atoms with van der Waals surface area (Å²) in [5.74, 6) is 0.0825. The average molecular weight is 435 g/mol. The number of hydrogen-bond donors (Lipinski definition) is 1. The van der Waals surface area contributed by atoms with Crippen LogP contribution in [0.15, 0.2) is 83.9 Å². The number of ketones is 1. The number of aryl methyl sites for hydroxylation is 1. The molecule has 7 heteroatoms. The number of fused-ring (bicyclic) bond motifs is 1. The van der Waals surface area contributed by atoms with Gasteiger partial charge in [-0.2, -0.15) is 0 Å². The second-order valence-corrected chi connectivity index (χ2v) is 9.06. The van der Waals surface area contributed by atoms with E-state index in [1.165, 1.54) is 10.5 Å². The minimum Gasteiger partial charge on any atom is -0.497 e. The number of nitrogens with zero attached hydrogens (tertiary/aromatic N) is 1. The molecule has 3 aromatic rings. The number of benzene rings is 3. The highest BCUT2D eigenvalue weighted by Gasteiger charge is 2.40. The largest absolute Gasteiger partial charge is 0.497 e. The van der Waals surface area contributed by atoms with E-state index in [0.29, 0.717) is 22.7 Å². The third-order valence-electron chi connectivity index (χ3n) is 5.06. The zero-order valence-electron chi connectivity index (χ0n) is 17.2. The molecular formula is C24H22N2O4S. The van der Waals surface area contributed by atoms with Gasteiger partial charge in [-0.1, -0.05) is 48.0 Å². The van der Waals surface area contributed by atoms with Gasteiger partial charge in [0.25, 0.3) is 10.0 Å². The van der Waals surface area contributed by atoms with Crippen LogP contribution >= 0.6 is 0 Å². The highest BCUT2D eigenvalue weighted by atomic mass is 32.2. The minimum absolute atomic E-state index is 0.130. The van der Waals surface area contributed by atoms with E-state index in [0.717, 1.165) is 11.1 Å². The average Bonchev–Trinajstić information content (AvgIpc) is 2.77. The molecule has 0 unspecified atom stereocenters. The number of allylic oxidation sites excluding steroid dienone is 1. The first kappa shape index (κ1) is 20.7. The number of Topliss-reactive ketones (excluding diaryl/α,β-unsaturated/α-hetero) is 1. The van der Waals surface area contributed by atoms with E-state index >= 15 is 0 Å². The van der Waals surface area contributed by atoms with Crippen molar-refractivity contribution in [1.29, 1.82) is 0 Å². The molecule has 0 amide bonds. The van der Waals surface area contributed by atoms with Gasteiger partial charge in [-0.05, 0) is 36.8 Å². The van der Waals surface area contributed by atoms with Gasteiger partial charge in [0, 0.05) is 23.5 Å². The van der Waals surface area contributed by atoms with Crippen molar-refractivity contribution in [2.45, 2.75) is 13.5 Å². The Kier molecular flexibility index (Phi) is 5.52. The van der Waals surface area contributed by atoms with Crippen LogP contribution in [0, 0.1) is 6.92 Å². The second-order valence-electron chi connectivity index (χ2n) is 7.23. The van der Waals surface area contributed by atoms with Gasteiger partial charge in [-0.15, -0.1) is 0 Å². The van der Waals surface area contributed by atoms with Gasteiger partial charge in [0.05, 0.1) is 19.3 Å². The van der Waals surface area contributed by atoms with Gasteiger partial charge >= 0.3 is 0 Å². The summed E-state index contributed by atoms with van der Waals surface area (Å²) in [6, 6.07) is 21.5. The van der Waals surface area contributed by atoms with E-state index in [4.69, 9.17) is 4.74 Å². The lowest BCUT2D eigenvalue weighted by Crippen LogP contribution is -2.39. The van der Waals surface area contributed by atoms with Crippen LogP contribution in [-0.2, 0) is 16.6 Å². The van der Waals surface area contributed by atoms with Crippen LogP contribution in [0.4, 0.5) is 11.4 Å². The van der Waals surface area contributed by atoms with Gasteiger partial charge < -0.3 is 10.1 Å². The van der Waals surface area contributed by atoms with Gasteiger partial charge in [0.2, 0.25) is 5.78 Å². The fourth-order valence-electron chi connectivity index (χ4n) is 3.53. The minimum atomic E-state index is -4.07. The lowest BCUT2D eigenvalue weighted by atomic mass is 10.1. The zero-order valence-corrected chi connectivity index (χ0v) is 18.0. The number of sulfonamides is 1. The molecule has 0 fully saturated rings. The normalized spacial score (nSPS) is 16.1. The van der Waals surface area contributed by atoms with Crippen molar-refractivity contribution in [3.05, 3.63) is 101 Å². The third-order valence-corrected chi connectivity index (χ3v) is 6.82. The molecule has 0 radical (unpaired) electrons. The first-order chi connectivity index (χ1) is 14.9. The van der Waals surface area contributed by atoms with Crippen molar-refractivity contribution >= 4 is 27.2 Å². The topological polar surface area (TPSA) is 75.7 Å². The Labute approximate surface area is 181 Å². The molecule has 0 aliphatic carbocycles. The quantitative estimate of drug-likeness (QED) is 0.599. The lowest BCUT2D eigenvalue weighted by molar-refractivity contribution is 0.104. The third kappa shape index (κ3) is 4.04. The molecular weight excluding hydrogens is 412 g/mol. The lowest BCUT2D eigenvalue weighted by Gasteiger charge is -2.31.